The number of alkyl halides is 6. The van der Waals surface area contributed by atoms with Crippen LogP contribution in [0.2, 0.25) is 10.0 Å². The first-order chi connectivity index (χ1) is 53.6. The zero-order valence-electron chi connectivity index (χ0n) is 65.3. The molecule has 8 aromatic carbocycles. The molecule has 0 radical (unpaired) electrons. The molecule has 8 heterocycles. The van der Waals surface area contributed by atoms with E-state index in [1.807, 2.05) is 112 Å². The molecule has 0 bridgehead atoms. The van der Waals surface area contributed by atoms with Gasteiger partial charge in [0.2, 0.25) is 0 Å². The van der Waals surface area contributed by atoms with Crippen LogP contribution in [0.1, 0.15) is 216 Å². The quantitative estimate of drug-likeness (QED) is 0.0537. The summed E-state index contributed by atoms with van der Waals surface area (Å²) in [5, 5.41) is 0.853. The van der Waals surface area contributed by atoms with Crippen LogP contribution in [0.15, 0.2) is 133 Å². The zero-order chi connectivity index (χ0) is 83.5. The van der Waals surface area contributed by atoms with Crippen molar-refractivity contribution < 1.29 is 43.9 Å². The maximum absolute atomic E-state index is 13.3. The normalized spacial score (nSPS) is 11.6. The highest BCUT2D eigenvalue weighted by Gasteiger charge is 2.35. The standard InChI is InChI=1S/C11H10F4N2.C11H11F3N2.2C11H11N3.C10H10ClFN2.C10H11ClN2.2C10H11FN2/c1-5(2)10-16-8-3-6(11(13,14)15)7(12)4-9(8)17-10;1-6(2)10-15-8-4-3-7(11(12,13)14)5-9(8)16-10;2*1-7(2)11-13-9-5-4-8(12-3)6-10(9)14-11;1-5(2)10-13-8-3-6(11)7(12)4-9(8)14-10;3*1-6(2)10-12-8-4-3-7(11)5-9(8)13-10/h3-5H,1-2H3,(H,16,17);3-6H,1-2H3,(H,15,16);2*4-7H,1-2H3,(H,13,14);3-5H,1-2H3,(H,13,14);3*3-6H,1-2H3,(H,12,13). The Morgan fingerprint density at radius 3 is 0.886 bits per heavy atom. The summed E-state index contributed by atoms with van der Waals surface area (Å²) in [7, 11) is 0. The average Bonchev–Trinajstić information content (AvgIpc) is 1.53. The van der Waals surface area contributed by atoms with Gasteiger partial charge in [0.25, 0.3) is 0 Å². The van der Waals surface area contributed by atoms with E-state index in [0.29, 0.717) is 80.6 Å². The molecule has 18 nitrogen and oxygen atoms in total. The lowest BCUT2D eigenvalue weighted by Crippen LogP contribution is -2.07. The van der Waals surface area contributed by atoms with Crippen LogP contribution in [0, 0.1) is 36.4 Å². The summed E-state index contributed by atoms with van der Waals surface area (Å²) >= 11 is 11.5. The third kappa shape index (κ3) is 22.4. The van der Waals surface area contributed by atoms with Crippen molar-refractivity contribution in [3.8, 4) is 0 Å². The number of benzene rings is 8. The Balaban J connectivity index is 0.000000149. The summed E-state index contributed by atoms with van der Waals surface area (Å²) in [6.07, 6.45) is -9.00. The molecule has 0 spiro atoms. The predicted molar refractivity (Wildman–Crippen MR) is 434 cm³/mol. The highest BCUT2D eigenvalue weighted by molar-refractivity contribution is 6.31. The van der Waals surface area contributed by atoms with Crippen LogP contribution in [0.4, 0.5) is 55.3 Å². The summed E-state index contributed by atoms with van der Waals surface area (Å²) in [5.41, 5.74) is 11.1. The van der Waals surface area contributed by atoms with Gasteiger partial charge in [0.05, 0.1) is 118 Å². The Kier molecular flexibility index (Phi) is 28.0. The number of halogens is 12. The van der Waals surface area contributed by atoms with Gasteiger partial charge in [-0.3, -0.25) is 0 Å². The van der Waals surface area contributed by atoms with Crippen molar-refractivity contribution in [3.05, 3.63) is 247 Å². The van der Waals surface area contributed by atoms with Crippen LogP contribution in [0.25, 0.3) is 98.0 Å². The molecule has 8 N–H and O–H groups in total. The molecule has 114 heavy (non-hydrogen) atoms. The first-order valence-electron chi connectivity index (χ1n) is 36.5. The number of aromatic nitrogens is 16. The van der Waals surface area contributed by atoms with Gasteiger partial charge in [-0.2, -0.15) is 26.3 Å². The topological polar surface area (TPSA) is 238 Å². The van der Waals surface area contributed by atoms with Gasteiger partial charge < -0.3 is 39.9 Å². The van der Waals surface area contributed by atoms with Crippen molar-refractivity contribution in [2.45, 2.75) is 170 Å². The molecule has 0 aliphatic carbocycles. The van der Waals surface area contributed by atoms with Gasteiger partial charge in [-0.25, -0.2) is 67.1 Å². The van der Waals surface area contributed by atoms with E-state index < -0.39 is 35.1 Å². The summed E-state index contributed by atoms with van der Waals surface area (Å²) in [4.78, 5) is 65.8. The van der Waals surface area contributed by atoms with Gasteiger partial charge in [0.1, 0.15) is 69.9 Å². The number of imidazole rings is 8. The van der Waals surface area contributed by atoms with Gasteiger partial charge in [-0.05, 0) is 109 Å². The summed E-state index contributed by atoms with van der Waals surface area (Å²) < 4.78 is 127. The third-order valence-electron chi connectivity index (χ3n) is 17.3. The predicted octanol–water partition coefficient (Wildman–Crippen LogP) is 26.5. The molecule has 0 amide bonds. The molecular weight excluding hydrogens is 1520 g/mol. The fourth-order valence-corrected chi connectivity index (χ4v) is 11.2. The van der Waals surface area contributed by atoms with Gasteiger partial charge in [-0.15, -0.1) is 0 Å². The molecule has 0 saturated heterocycles. The van der Waals surface area contributed by atoms with Crippen LogP contribution in [-0.2, 0) is 12.4 Å². The summed E-state index contributed by atoms with van der Waals surface area (Å²) in [6.45, 7) is 46.2. The largest absolute Gasteiger partial charge is 0.419 e. The molecule has 0 aliphatic heterocycles. The van der Waals surface area contributed by atoms with Crippen molar-refractivity contribution in [2.24, 2.45) is 0 Å². The second-order valence-corrected chi connectivity index (χ2v) is 30.0. The Labute approximate surface area is 660 Å². The van der Waals surface area contributed by atoms with E-state index >= 15 is 0 Å². The highest BCUT2D eigenvalue weighted by Crippen LogP contribution is 2.36. The number of nitrogens with zero attached hydrogens (tertiary/aromatic N) is 10. The maximum Gasteiger partial charge on any atom is 0.419 e. The van der Waals surface area contributed by atoms with Crippen LogP contribution >= 0.6 is 23.2 Å². The zero-order valence-corrected chi connectivity index (χ0v) is 66.8. The van der Waals surface area contributed by atoms with E-state index in [2.05, 4.69) is 131 Å². The minimum Gasteiger partial charge on any atom is -0.343 e. The molecule has 16 aromatic rings. The molecule has 30 heteroatoms. The van der Waals surface area contributed by atoms with Crippen molar-refractivity contribution >= 4 is 123 Å². The van der Waals surface area contributed by atoms with E-state index in [4.69, 9.17) is 36.3 Å². The molecule has 0 aliphatic rings. The molecular formula is C84H86Cl2F10N18. The SMILES string of the molecule is CC(C)c1nc2cc(Cl)c(F)cc2[nH]1.CC(C)c1nc2cc(F)c(C(F)(F)F)cc2[nH]1.CC(C)c1nc2ccc(C(F)(F)F)cc2[nH]1.CC(C)c1nc2ccc(Cl)cc2[nH]1.CC(C)c1nc2ccc(F)cc2[nH]1.CC(C)c1nc2ccc(F)cc2[nH]1.[C-]#[N+]c1ccc2nc(C(C)C)[nH]c2c1.[C-]#[N+]c1ccc2nc(C(C)C)[nH]c2c1. The first-order valence-corrected chi connectivity index (χ1v) is 37.3. The number of H-pyrrole nitrogens is 8. The minimum absolute atomic E-state index is 0.0415. The molecule has 0 atom stereocenters. The average molecular weight is 1610 g/mol. The van der Waals surface area contributed by atoms with Crippen molar-refractivity contribution in [2.75, 3.05) is 0 Å². The molecule has 596 valence electrons. The van der Waals surface area contributed by atoms with Crippen molar-refractivity contribution in [1.82, 2.24) is 79.7 Å². The molecule has 0 unspecified atom stereocenters. The number of nitrogens with one attached hydrogen (secondary N) is 8. The monoisotopic (exact) mass is 1610 g/mol. The number of rotatable bonds is 8. The molecule has 8 aromatic heterocycles. The third-order valence-corrected chi connectivity index (χ3v) is 17.8. The van der Waals surface area contributed by atoms with E-state index in [-0.39, 0.29) is 39.5 Å². The number of hydrogen-bond donors (Lipinski definition) is 8. The maximum atomic E-state index is 13.3. The molecule has 0 fully saturated rings. The van der Waals surface area contributed by atoms with Crippen LogP contribution in [0.3, 0.4) is 0 Å². The van der Waals surface area contributed by atoms with Crippen LogP contribution in [0.5, 0.6) is 0 Å². The molecule has 16 rings (SSSR count). The minimum atomic E-state index is -4.69. The second-order valence-electron chi connectivity index (χ2n) is 29.2. The Hall–Kier alpha value is -11.6. The van der Waals surface area contributed by atoms with E-state index in [0.717, 1.165) is 119 Å². The first kappa shape index (κ1) is 86.4. The Morgan fingerprint density at radius 1 is 0.289 bits per heavy atom. The van der Waals surface area contributed by atoms with Gasteiger partial charge in [0.15, 0.2) is 11.4 Å². The number of hydrogen-bond acceptors (Lipinski definition) is 8. The van der Waals surface area contributed by atoms with E-state index in [1.54, 1.807) is 24.3 Å². The lowest BCUT2D eigenvalue weighted by atomic mass is 10.2. The van der Waals surface area contributed by atoms with Crippen molar-refractivity contribution in [1.29, 1.82) is 0 Å². The summed E-state index contributed by atoms with van der Waals surface area (Å²) in [6, 6.07) is 33.9. The lowest BCUT2D eigenvalue weighted by Gasteiger charge is -2.07. The highest BCUT2D eigenvalue weighted by atomic mass is 35.5. The van der Waals surface area contributed by atoms with Gasteiger partial charge >= 0.3 is 12.4 Å². The Morgan fingerprint density at radius 2 is 0.561 bits per heavy atom. The van der Waals surface area contributed by atoms with E-state index in [1.165, 1.54) is 42.5 Å². The van der Waals surface area contributed by atoms with Crippen LogP contribution < -0.4 is 0 Å². The smallest absolute Gasteiger partial charge is 0.343 e. The fourth-order valence-electron chi connectivity index (χ4n) is 10.9. The van der Waals surface area contributed by atoms with Crippen molar-refractivity contribution in [3.63, 3.8) is 0 Å². The second kappa shape index (κ2) is 36.9. The number of fused-ring (bicyclic) bond motifs is 8. The van der Waals surface area contributed by atoms with Gasteiger partial charge in [0, 0.05) is 64.5 Å². The van der Waals surface area contributed by atoms with E-state index in [9.17, 15) is 43.9 Å². The fraction of sp³-hybridized carbons (Fsp3) is 0.310. The molecule has 0 saturated carbocycles. The Bertz CT molecular complexity index is 5710. The number of aromatic amines is 8. The summed E-state index contributed by atoms with van der Waals surface area (Å²) in [5.74, 6) is 7.07. The lowest BCUT2D eigenvalue weighted by molar-refractivity contribution is -0.140. The van der Waals surface area contributed by atoms with Gasteiger partial charge in [-0.1, -0.05) is 146 Å². The van der Waals surface area contributed by atoms with Crippen LogP contribution in [-0.4, -0.2) is 79.7 Å².